The van der Waals surface area contributed by atoms with Crippen molar-refractivity contribution in [2.24, 2.45) is 40.4 Å². The summed E-state index contributed by atoms with van der Waals surface area (Å²) < 4.78 is 11.4. The first-order valence-electron chi connectivity index (χ1n) is 13.6. The molecule has 5 aliphatic rings. The molecule has 35 heavy (non-hydrogen) atoms. The van der Waals surface area contributed by atoms with Crippen LogP contribution in [0.3, 0.4) is 0 Å². The summed E-state index contributed by atoms with van der Waals surface area (Å²) in [5.74, 6) is 1.62. The van der Waals surface area contributed by atoms with Crippen LogP contribution in [0.2, 0.25) is 0 Å². The first kappa shape index (κ1) is 25.6. The van der Waals surface area contributed by atoms with Gasteiger partial charge in [-0.3, -0.25) is 4.79 Å². The Balaban J connectivity index is 1.26. The van der Waals surface area contributed by atoms with Crippen molar-refractivity contribution in [3.63, 3.8) is 0 Å². The van der Waals surface area contributed by atoms with Gasteiger partial charge in [0.1, 0.15) is 24.1 Å². The molecule has 4 N–H and O–H groups in total. The summed E-state index contributed by atoms with van der Waals surface area (Å²) >= 11 is 0. The van der Waals surface area contributed by atoms with Crippen LogP contribution in [0.25, 0.3) is 0 Å². The fourth-order valence-corrected chi connectivity index (χ4v) is 9.36. The van der Waals surface area contributed by atoms with Gasteiger partial charge in [-0.1, -0.05) is 13.8 Å². The van der Waals surface area contributed by atoms with Gasteiger partial charge < -0.3 is 29.9 Å². The zero-order valence-corrected chi connectivity index (χ0v) is 21.1. The number of carboxylic acid groups (broad SMARTS) is 1. The Morgan fingerprint density at radius 3 is 2.23 bits per heavy atom. The van der Waals surface area contributed by atoms with Gasteiger partial charge in [0, 0.05) is 5.92 Å². The van der Waals surface area contributed by atoms with Crippen molar-refractivity contribution in [3.8, 4) is 0 Å². The second kappa shape index (κ2) is 9.05. The van der Waals surface area contributed by atoms with Crippen molar-refractivity contribution in [2.75, 3.05) is 0 Å². The number of carbonyl (C=O) groups is 2. The van der Waals surface area contributed by atoms with Crippen molar-refractivity contribution >= 4 is 11.8 Å². The molecule has 0 radical (unpaired) electrons. The average molecular weight is 495 g/mol. The van der Waals surface area contributed by atoms with Crippen molar-refractivity contribution in [2.45, 2.75) is 115 Å². The Hall–Kier alpha value is -1.06. The third-order valence-electron chi connectivity index (χ3n) is 11.2. The first-order valence-corrected chi connectivity index (χ1v) is 13.6. The molecule has 4 saturated carbocycles. The summed E-state index contributed by atoms with van der Waals surface area (Å²) in [5.41, 5.74) is 0.362. The lowest BCUT2D eigenvalue weighted by atomic mass is 9.44. The maximum absolute atomic E-state index is 12.4. The van der Waals surface area contributed by atoms with E-state index in [-0.39, 0.29) is 22.9 Å². The van der Waals surface area contributed by atoms with E-state index in [9.17, 15) is 30.0 Å². The van der Waals surface area contributed by atoms with Crippen LogP contribution in [0.15, 0.2) is 0 Å². The fourth-order valence-electron chi connectivity index (χ4n) is 9.36. The molecule has 198 valence electrons. The van der Waals surface area contributed by atoms with Crippen molar-refractivity contribution in [1.82, 2.24) is 0 Å². The van der Waals surface area contributed by atoms with Gasteiger partial charge in [-0.25, -0.2) is 4.79 Å². The monoisotopic (exact) mass is 494 g/mol. The standard InChI is InChI=1S/C27H42O8/c1-13(28)17-6-7-18-16-5-4-14-12-15(8-10-26(14,2)19(16)9-11-27(17,18)3)34-25-22(31)20(29)21(30)23(35-25)24(32)33/h14-23,25,29-31H,4-12H2,1-3H3,(H,32,33)/t14-,15-,16-,17+,18-,19-,20?,21+,22?,23?,25+,26-,27+/m0/s1. The highest BCUT2D eigenvalue weighted by Gasteiger charge is 2.61. The lowest BCUT2D eigenvalue weighted by Crippen LogP contribution is -2.61. The molecule has 8 heteroatoms. The fraction of sp³-hybridized carbons (Fsp3) is 0.926. The maximum Gasteiger partial charge on any atom is 0.335 e. The highest BCUT2D eigenvalue weighted by atomic mass is 16.7. The highest BCUT2D eigenvalue weighted by molar-refractivity contribution is 5.79. The smallest absolute Gasteiger partial charge is 0.335 e. The van der Waals surface area contributed by atoms with E-state index in [1.165, 1.54) is 19.3 Å². The zero-order valence-electron chi connectivity index (χ0n) is 21.1. The first-order chi connectivity index (χ1) is 16.5. The number of carbonyl (C=O) groups excluding carboxylic acids is 1. The van der Waals surface area contributed by atoms with Crippen molar-refractivity contribution in [1.29, 1.82) is 0 Å². The van der Waals surface area contributed by atoms with Crippen LogP contribution in [-0.4, -0.2) is 69.0 Å². The number of aliphatic hydroxyl groups is 3. The van der Waals surface area contributed by atoms with Crippen LogP contribution in [0.4, 0.5) is 0 Å². The number of ketones is 1. The molecule has 0 aromatic heterocycles. The Labute approximate surface area is 207 Å². The van der Waals surface area contributed by atoms with Crippen LogP contribution in [0.1, 0.15) is 78.6 Å². The minimum absolute atomic E-state index is 0.150. The minimum atomic E-state index is -1.71. The Morgan fingerprint density at radius 2 is 1.54 bits per heavy atom. The van der Waals surface area contributed by atoms with Gasteiger partial charge >= 0.3 is 5.97 Å². The van der Waals surface area contributed by atoms with E-state index in [1.807, 2.05) is 0 Å². The molecule has 5 rings (SSSR count). The van der Waals surface area contributed by atoms with Gasteiger partial charge in [-0.05, 0) is 99.2 Å². The SMILES string of the molecule is CC(=O)[C@H]1CC[C@H]2[C@@H]3CC[C@H]4C[C@@H](O[C@@H]5OC(C(=O)O)[C@H](O)C(O)C5O)CC[C@]4(C)[C@H]3CC[C@]12C. The molecule has 1 aliphatic heterocycles. The van der Waals surface area contributed by atoms with Crippen LogP contribution in [-0.2, 0) is 19.1 Å². The Bertz CT molecular complexity index is 847. The summed E-state index contributed by atoms with van der Waals surface area (Å²) in [6.45, 7) is 6.59. The molecule has 0 amide bonds. The number of hydrogen-bond acceptors (Lipinski definition) is 7. The average Bonchev–Trinajstić information content (AvgIpc) is 3.17. The number of fused-ring (bicyclic) bond motifs is 5. The molecule has 0 aromatic carbocycles. The van der Waals surface area contributed by atoms with Gasteiger partial charge in [0.05, 0.1) is 6.10 Å². The van der Waals surface area contributed by atoms with Gasteiger partial charge in [0.25, 0.3) is 0 Å². The third-order valence-corrected chi connectivity index (χ3v) is 11.2. The molecule has 0 bridgehead atoms. The predicted molar refractivity (Wildman–Crippen MR) is 125 cm³/mol. The summed E-state index contributed by atoms with van der Waals surface area (Å²) in [6.07, 6.45) is 1.46. The highest BCUT2D eigenvalue weighted by Crippen LogP contribution is 2.67. The number of Topliss-reactive ketones (excluding diaryl/α,β-unsaturated/α-hetero) is 1. The van der Waals surface area contributed by atoms with Gasteiger partial charge in [-0.15, -0.1) is 0 Å². The number of hydrogen-bond donors (Lipinski definition) is 4. The summed E-state index contributed by atoms with van der Waals surface area (Å²) in [5, 5.41) is 39.7. The molecule has 8 nitrogen and oxygen atoms in total. The van der Waals surface area contributed by atoms with E-state index in [0.717, 1.165) is 38.5 Å². The number of aliphatic hydroxyl groups excluding tert-OH is 3. The number of carboxylic acids is 1. The Morgan fingerprint density at radius 1 is 0.857 bits per heavy atom. The number of aliphatic carboxylic acids is 1. The lowest BCUT2D eigenvalue weighted by Gasteiger charge is -2.61. The van der Waals surface area contributed by atoms with E-state index in [1.54, 1.807) is 6.92 Å². The number of ether oxygens (including phenoxy) is 2. The lowest BCUT2D eigenvalue weighted by molar-refractivity contribution is -0.309. The van der Waals surface area contributed by atoms with Crippen LogP contribution >= 0.6 is 0 Å². The van der Waals surface area contributed by atoms with Crippen molar-refractivity contribution in [3.05, 3.63) is 0 Å². The molecule has 1 saturated heterocycles. The minimum Gasteiger partial charge on any atom is -0.479 e. The maximum atomic E-state index is 12.4. The molecule has 5 fully saturated rings. The molecule has 13 atom stereocenters. The molecule has 0 aromatic rings. The van der Waals surface area contributed by atoms with Crippen LogP contribution < -0.4 is 0 Å². The van der Waals surface area contributed by atoms with E-state index in [4.69, 9.17) is 9.47 Å². The van der Waals surface area contributed by atoms with Gasteiger partial charge in [0.2, 0.25) is 0 Å². The topological polar surface area (TPSA) is 134 Å². The predicted octanol–water partition coefficient (Wildman–Crippen LogP) is 2.51. The molecule has 1 heterocycles. The van der Waals surface area contributed by atoms with E-state index in [2.05, 4.69) is 13.8 Å². The third kappa shape index (κ3) is 3.99. The number of rotatable bonds is 4. The van der Waals surface area contributed by atoms with Crippen molar-refractivity contribution < 1.29 is 39.5 Å². The molecular formula is C27H42O8. The van der Waals surface area contributed by atoms with Gasteiger partial charge in [-0.2, -0.15) is 0 Å². The van der Waals surface area contributed by atoms with Crippen LogP contribution in [0, 0.1) is 40.4 Å². The molecule has 3 unspecified atom stereocenters. The van der Waals surface area contributed by atoms with E-state index >= 15 is 0 Å². The molecular weight excluding hydrogens is 452 g/mol. The van der Waals surface area contributed by atoms with Crippen LogP contribution in [0.5, 0.6) is 0 Å². The summed E-state index contributed by atoms with van der Waals surface area (Å²) in [4.78, 5) is 23.8. The summed E-state index contributed by atoms with van der Waals surface area (Å²) in [6, 6.07) is 0. The largest absolute Gasteiger partial charge is 0.479 e. The van der Waals surface area contributed by atoms with E-state index < -0.39 is 36.7 Å². The second-order valence-electron chi connectivity index (χ2n) is 12.7. The van der Waals surface area contributed by atoms with E-state index in [0.29, 0.717) is 29.5 Å². The zero-order chi connectivity index (χ0) is 25.3. The summed E-state index contributed by atoms with van der Waals surface area (Å²) in [7, 11) is 0. The quantitative estimate of drug-likeness (QED) is 0.438. The molecule has 0 spiro atoms. The van der Waals surface area contributed by atoms with Gasteiger partial charge in [0.15, 0.2) is 12.4 Å². The second-order valence-corrected chi connectivity index (χ2v) is 12.7. The Kier molecular flexibility index (Phi) is 6.61. The molecule has 4 aliphatic carbocycles. The normalized spacial score (nSPS) is 53.8.